The summed E-state index contributed by atoms with van der Waals surface area (Å²) < 4.78 is 20.1. The van der Waals surface area contributed by atoms with Crippen LogP contribution >= 0.6 is 12.2 Å². The smallest absolute Gasteiger partial charge is 0.336 e. The van der Waals surface area contributed by atoms with Gasteiger partial charge in [0.05, 0.1) is 6.54 Å². The van der Waals surface area contributed by atoms with Gasteiger partial charge in [0.1, 0.15) is 17.7 Å². The van der Waals surface area contributed by atoms with Crippen molar-refractivity contribution in [2.75, 3.05) is 10.6 Å². The summed E-state index contributed by atoms with van der Waals surface area (Å²) in [4.78, 5) is 15.7. The van der Waals surface area contributed by atoms with E-state index in [1.54, 1.807) is 16.8 Å². The number of nitrogens with zero attached hydrogens (tertiary/aromatic N) is 3. The maximum absolute atomic E-state index is 13.3. The first-order valence-corrected chi connectivity index (χ1v) is 9.13. The minimum absolute atomic E-state index is 0.280. The second-order valence-electron chi connectivity index (χ2n) is 6.43. The highest BCUT2D eigenvalue weighted by Gasteiger charge is 2.07. The first-order chi connectivity index (χ1) is 14.0. The van der Waals surface area contributed by atoms with Gasteiger partial charge in [-0.25, -0.2) is 18.9 Å². The fourth-order valence-electron chi connectivity index (χ4n) is 2.92. The van der Waals surface area contributed by atoms with E-state index in [0.717, 1.165) is 16.5 Å². The van der Waals surface area contributed by atoms with E-state index in [2.05, 4.69) is 20.7 Å². The molecule has 2 N–H and O–H groups in total. The molecule has 2 aromatic heterocycles. The van der Waals surface area contributed by atoms with Crippen molar-refractivity contribution >= 4 is 39.9 Å². The topological polar surface area (TPSA) is 85.0 Å². The average Bonchev–Trinajstić information content (AvgIpc) is 3.07. The van der Waals surface area contributed by atoms with Crippen LogP contribution in [-0.4, -0.2) is 19.9 Å². The molecule has 29 heavy (non-hydrogen) atoms. The van der Waals surface area contributed by atoms with Crippen LogP contribution in [0.25, 0.3) is 11.0 Å². The number of rotatable bonds is 4. The van der Waals surface area contributed by atoms with Gasteiger partial charge in [0, 0.05) is 23.2 Å². The molecule has 0 saturated carbocycles. The van der Waals surface area contributed by atoms with Crippen LogP contribution in [0.15, 0.2) is 64.1 Å². The lowest BCUT2D eigenvalue weighted by atomic mass is 10.1. The molecule has 7 nitrogen and oxygen atoms in total. The minimum atomic E-state index is -0.402. The van der Waals surface area contributed by atoms with Gasteiger partial charge in [-0.1, -0.05) is 12.1 Å². The second kappa shape index (κ2) is 7.80. The van der Waals surface area contributed by atoms with E-state index in [-0.39, 0.29) is 10.9 Å². The van der Waals surface area contributed by atoms with Crippen molar-refractivity contribution in [1.29, 1.82) is 0 Å². The molecule has 4 aromatic rings. The predicted molar refractivity (Wildman–Crippen MR) is 113 cm³/mol. The second-order valence-corrected chi connectivity index (χ2v) is 6.84. The van der Waals surface area contributed by atoms with Crippen LogP contribution in [0.4, 0.5) is 16.0 Å². The molecule has 0 aliphatic rings. The lowest BCUT2D eigenvalue weighted by Gasteiger charge is -2.09. The highest BCUT2D eigenvalue weighted by atomic mass is 32.1. The van der Waals surface area contributed by atoms with Crippen LogP contribution in [0, 0.1) is 12.7 Å². The van der Waals surface area contributed by atoms with Crippen LogP contribution < -0.4 is 16.3 Å². The van der Waals surface area contributed by atoms with Crippen LogP contribution in [-0.2, 0) is 6.54 Å². The lowest BCUT2D eigenvalue weighted by molar-refractivity contribution is 0.560. The van der Waals surface area contributed by atoms with Crippen molar-refractivity contribution in [3.8, 4) is 0 Å². The van der Waals surface area contributed by atoms with Gasteiger partial charge in [-0.15, -0.1) is 5.10 Å². The van der Waals surface area contributed by atoms with Gasteiger partial charge in [0.15, 0.2) is 5.11 Å². The normalized spacial score (nSPS) is 10.8. The standard InChI is InChI=1S/C20H16FN5O2S/c1-12-7-18(27)28-17-9-15(5-6-16(12)17)23-20(29)24-19-22-11-26(25-19)10-13-3-2-4-14(21)8-13/h2-9,11H,10H2,1H3,(H2,23,24,25,29). The number of thiocarbonyl (C=S) groups is 1. The van der Waals surface area contributed by atoms with Crippen molar-refractivity contribution in [1.82, 2.24) is 14.8 Å². The quantitative estimate of drug-likeness (QED) is 0.393. The Balaban J connectivity index is 1.43. The molecule has 146 valence electrons. The Bertz CT molecular complexity index is 1270. The summed E-state index contributed by atoms with van der Waals surface area (Å²) in [5, 5.41) is 11.3. The molecule has 0 fully saturated rings. The Kier molecular flexibility index (Phi) is 5.05. The summed E-state index contributed by atoms with van der Waals surface area (Å²) in [6.45, 7) is 2.24. The van der Waals surface area contributed by atoms with Gasteiger partial charge >= 0.3 is 5.63 Å². The van der Waals surface area contributed by atoms with Crippen molar-refractivity contribution in [2.24, 2.45) is 0 Å². The Morgan fingerprint density at radius 3 is 2.90 bits per heavy atom. The van der Waals surface area contributed by atoms with Crippen molar-refractivity contribution in [3.63, 3.8) is 0 Å². The first-order valence-electron chi connectivity index (χ1n) is 8.73. The highest BCUT2D eigenvalue weighted by molar-refractivity contribution is 7.80. The molecule has 2 heterocycles. The number of benzene rings is 2. The van der Waals surface area contributed by atoms with Crippen molar-refractivity contribution in [2.45, 2.75) is 13.5 Å². The van der Waals surface area contributed by atoms with Gasteiger partial charge in [-0.05, 0) is 54.5 Å². The zero-order valence-electron chi connectivity index (χ0n) is 15.3. The predicted octanol–water partition coefficient (Wildman–Crippen LogP) is 3.69. The Labute approximate surface area is 170 Å². The molecule has 0 aliphatic heterocycles. The molecule has 0 saturated heterocycles. The van der Waals surface area contributed by atoms with E-state index >= 15 is 0 Å². The molecule has 0 atom stereocenters. The first kappa shape index (κ1) is 18.8. The van der Waals surface area contributed by atoms with Gasteiger partial charge in [-0.3, -0.25) is 5.32 Å². The van der Waals surface area contributed by atoms with Gasteiger partial charge < -0.3 is 9.73 Å². The van der Waals surface area contributed by atoms with E-state index in [9.17, 15) is 9.18 Å². The van der Waals surface area contributed by atoms with Crippen molar-refractivity contribution in [3.05, 3.63) is 82.2 Å². The number of hydrogen-bond acceptors (Lipinski definition) is 5. The number of fused-ring (bicyclic) bond motifs is 1. The van der Waals surface area contributed by atoms with E-state index in [1.807, 2.05) is 25.1 Å². The zero-order chi connectivity index (χ0) is 20.4. The maximum atomic E-state index is 13.3. The molecule has 0 radical (unpaired) electrons. The van der Waals surface area contributed by atoms with Gasteiger partial charge in [0.25, 0.3) is 0 Å². The summed E-state index contributed by atoms with van der Waals surface area (Å²) in [7, 11) is 0. The monoisotopic (exact) mass is 409 g/mol. The van der Waals surface area contributed by atoms with Crippen LogP contribution in [0.3, 0.4) is 0 Å². The SMILES string of the molecule is Cc1cc(=O)oc2cc(NC(=S)Nc3ncn(Cc4cccc(F)c4)n3)ccc12. The Hall–Kier alpha value is -3.59. The molecule has 0 spiro atoms. The van der Waals surface area contributed by atoms with E-state index in [4.69, 9.17) is 16.6 Å². The van der Waals surface area contributed by atoms with E-state index in [1.165, 1.54) is 24.5 Å². The average molecular weight is 409 g/mol. The van der Waals surface area contributed by atoms with E-state index < -0.39 is 5.63 Å². The zero-order valence-corrected chi connectivity index (χ0v) is 16.2. The number of aromatic nitrogens is 3. The summed E-state index contributed by atoms with van der Waals surface area (Å²) in [6, 6.07) is 13.1. The molecule has 9 heteroatoms. The number of halogens is 1. The molecule has 2 aromatic carbocycles. The minimum Gasteiger partial charge on any atom is -0.423 e. The third kappa shape index (κ3) is 4.46. The Morgan fingerprint density at radius 2 is 2.07 bits per heavy atom. The number of nitrogens with one attached hydrogen (secondary N) is 2. The third-order valence-corrected chi connectivity index (χ3v) is 4.41. The lowest BCUT2D eigenvalue weighted by Crippen LogP contribution is -2.20. The Morgan fingerprint density at radius 1 is 1.21 bits per heavy atom. The maximum Gasteiger partial charge on any atom is 0.336 e. The fraction of sp³-hybridized carbons (Fsp3) is 0.100. The molecular formula is C20H16FN5O2S. The molecule has 0 aliphatic carbocycles. The van der Waals surface area contributed by atoms with E-state index in [0.29, 0.717) is 23.8 Å². The number of aryl methyl sites for hydroxylation is 1. The van der Waals surface area contributed by atoms with Crippen LogP contribution in [0.2, 0.25) is 0 Å². The number of anilines is 2. The summed E-state index contributed by atoms with van der Waals surface area (Å²) in [6.07, 6.45) is 1.53. The van der Waals surface area contributed by atoms with Gasteiger partial charge in [-0.2, -0.15) is 0 Å². The molecular weight excluding hydrogens is 393 g/mol. The largest absolute Gasteiger partial charge is 0.423 e. The molecule has 0 unspecified atom stereocenters. The molecule has 4 rings (SSSR count). The fourth-order valence-corrected chi connectivity index (χ4v) is 3.13. The van der Waals surface area contributed by atoms with Gasteiger partial charge in [0.2, 0.25) is 5.95 Å². The number of hydrogen-bond donors (Lipinski definition) is 2. The summed E-state index contributed by atoms with van der Waals surface area (Å²) in [5.41, 5.74) is 2.34. The highest BCUT2D eigenvalue weighted by Crippen LogP contribution is 2.20. The van der Waals surface area contributed by atoms with Crippen molar-refractivity contribution < 1.29 is 8.81 Å². The van der Waals surface area contributed by atoms with Crippen LogP contribution in [0.5, 0.6) is 0 Å². The third-order valence-electron chi connectivity index (χ3n) is 4.20. The summed E-state index contributed by atoms with van der Waals surface area (Å²) in [5.74, 6) is 0.00910. The molecule has 0 bridgehead atoms. The van der Waals surface area contributed by atoms with Crippen LogP contribution in [0.1, 0.15) is 11.1 Å². The molecule has 0 amide bonds. The summed E-state index contributed by atoms with van der Waals surface area (Å²) >= 11 is 5.30.